The van der Waals surface area contributed by atoms with Crippen molar-refractivity contribution >= 4 is 11.8 Å². The monoisotopic (exact) mass is 375 g/mol. The van der Waals surface area contributed by atoms with Gasteiger partial charge in [0.05, 0.1) is 0 Å². The Labute approximate surface area is 163 Å². The number of aromatic nitrogens is 1. The number of nitrogens with zero attached hydrogens (tertiary/aromatic N) is 3. The zero-order valence-corrected chi connectivity index (χ0v) is 15.7. The van der Waals surface area contributed by atoms with Crippen molar-refractivity contribution in [2.45, 2.75) is 6.92 Å². The lowest BCUT2D eigenvalue weighted by Gasteiger charge is -2.34. The molecule has 4 rings (SSSR count). The quantitative estimate of drug-likeness (QED) is 0.705. The van der Waals surface area contributed by atoms with Crippen LogP contribution in [-0.2, 0) is 0 Å². The predicted octanol–water partition coefficient (Wildman–Crippen LogP) is 3.25. The number of amides is 2. The third-order valence-electron chi connectivity index (χ3n) is 4.94. The Kier molecular flexibility index (Phi) is 4.93. The molecule has 1 saturated heterocycles. The van der Waals surface area contributed by atoms with Crippen LogP contribution in [0.15, 0.2) is 65.2 Å². The van der Waals surface area contributed by atoms with Crippen LogP contribution >= 0.6 is 0 Å². The number of rotatable bonds is 3. The first kappa shape index (κ1) is 18.0. The summed E-state index contributed by atoms with van der Waals surface area (Å²) in [5.41, 5.74) is 3.37. The molecule has 0 radical (unpaired) electrons. The van der Waals surface area contributed by atoms with Gasteiger partial charge in [0.25, 0.3) is 11.8 Å². The van der Waals surface area contributed by atoms with Gasteiger partial charge in [0.2, 0.25) is 5.76 Å². The van der Waals surface area contributed by atoms with Crippen LogP contribution in [0.25, 0.3) is 11.3 Å². The average molecular weight is 375 g/mol. The first-order chi connectivity index (χ1) is 13.6. The molecule has 1 fully saturated rings. The molecule has 0 bridgehead atoms. The Bertz CT molecular complexity index is 972. The third-order valence-corrected chi connectivity index (χ3v) is 4.94. The minimum Gasteiger partial charge on any atom is -0.350 e. The van der Waals surface area contributed by atoms with Crippen LogP contribution in [-0.4, -0.2) is 52.9 Å². The molecule has 0 saturated carbocycles. The van der Waals surface area contributed by atoms with E-state index in [-0.39, 0.29) is 17.6 Å². The summed E-state index contributed by atoms with van der Waals surface area (Å²) in [4.78, 5) is 28.7. The smallest absolute Gasteiger partial charge is 0.292 e. The van der Waals surface area contributed by atoms with Gasteiger partial charge in [-0.25, -0.2) is 0 Å². The van der Waals surface area contributed by atoms with Crippen LogP contribution in [0.3, 0.4) is 0 Å². The number of aryl methyl sites for hydroxylation is 1. The van der Waals surface area contributed by atoms with Gasteiger partial charge >= 0.3 is 0 Å². The predicted molar refractivity (Wildman–Crippen MR) is 105 cm³/mol. The van der Waals surface area contributed by atoms with Crippen LogP contribution in [0, 0.1) is 6.92 Å². The SMILES string of the molecule is Cc1ccc(-c2cc(C(=O)N3CCN(C(=O)c4ccccc4)CC3)on2)cc1. The van der Waals surface area contributed by atoms with Gasteiger partial charge in [0.15, 0.2) is 0 Å². The van der Waals surface area contributed by atoms with Crippen molar-refractivity contribution in [3.05, 3.63) is 77.6 Å². The maximum Gasteiger partial charge on any atom is 0.292 e. The zero-order valence-electron chi connectivity index (χ0n) is 15.7. The first-order valence-electron chi connectivity index (χ1n) is 9.29. The summed E-state index contributed by atoms with van der Waals surface area (Å²) >= 11 is 0. The molecule has 2 aromatic carbocycles. The van der Waals surface area contributed by atoms with Gasteiger partial charge in [0.1, 0.15) is 5.69 Å². The van der Waals surface area contributed by atoms with Gasteiger partial charge < -0.3 is 14.3 Å². The second-order valence-electron chi connectivity index (χ2n) is 6.89. The maximum atomic E-state index is 12.7. The molecule has 0 aliphatic carbocycles. The zero-order chi connectivity index (χ0) is 19.5. The molecule has 6 nitrogen and oxygen atoms in total. The lowest BCUT2D eigenvalue weighted by molar-refractivity contribution is 0.0513. The highest BCUT2D eigenvalue weighted by molar-refractivity contribution is 5.95. The molecule has 1 aromatic heterocycles. The maximum absolute atomic E-state index is 12.7. The number of hydrogen-bond acceptors (Lipinski definition) is 4. The molecular weight excluding hydrogens is 354 g/mol. The molecule has 28 heavy (non-hydrogen) atoms. The van der Waals surface area contributed by atoms with E-state index in [4.69, 9.17) is 4.52 Å². The van der Waals surface area contributed by atoms with Gasteiger partial charge in [0, 0.05) is 43.4 Å². The summed E-state index contributed by atoms with van der Waals surface area (Å²) in [6.07, 6.45) is 0. The Morgan fingerprint density at radius 3 is 2.11 bits per heavy atom. The van der Waals surface area contributed by atoms with Crippen LogP contribution in [0.5, 0.6) is 0 Å². The van der Waals surface area contributed by atoms with Crippen molar-refractivity contribution in [2.24, 2.45) is 0 Å². The fourth-order valence-corrected chi connectivity index (χ4v) is 3.27. The highest BCUT2D eigenvalue weighted by atomic mass is 16.5. The highest BCUT2D eigenvalue weighted by Crippen LogP contribution is 2.21. The Morgan fingerprint density at radius 1 is 0.857 bits per heavy atom. The largest absolute Gasteiger partial charge is 0.350 e. The topological polar surface area (TPSA) is 66.7 Å². The van der Waals surface area contributed by atoms with E-state index in [1.54, 1.807) is 28.0 Å². The molecule has 2 amide bonds. The molecular formula is C22H21N3O3. The molecule has 6 heteroatoms. The number of benzene rings is 2. The number of carbonyl (C=O) groups excluding carboxylic acids is 2. The molecule has 1 aliphatic heterocycles. The van der Waals surface area contributed by atoms with Crippen molar-refractivity contribution in [3.8, 4) is 11.3 Å². The van der Waals surface area contributed by atoms with Gasteiger partial charge in [-0.3, -0.25) is 9.59 Å². The Hall–Kier alpha value is -3.41. The van der Waals surface area contributed by atoms with E-state index in [0.29, 0.717) is 37.4 Å². The summed E-state index contributed by atoms with van der Waals surface area (Å²) in [6.45, 7) is 3.95. The van der Waals surface area contributed by atoms with E-state index in [2.05, 4.69) is 5.16 Å². The average Bonchev–Trinajstić information content (AvgIpc) is 3.24. The van der Waals surface area contributed by atoms with Crippen LogP contribution in [0.4, 0.5) is 0 Å². The minimum atomic E-state index is -0.197. The van der Waals surface area contributed by atoms with E-state index in [9.17, 15) is 9.59 Å². The van der Waals surface area contributed by atoms with Crippen LogP contribution in [0.2, 0.25) is 0 Å². The molecule has 3 aromatic rings. The number of hydrogen-bond donors (Lipinski definition) is 0. The normalized spacial score (nSPS) is 14.2. The first-order valence-corrected chi connectivity index (χ1v) is 9.29. The summed E-state index contributed by atoms with van der Waals surface area (Å²) < 4.78 is 5.29. The molecule has 0 spiro atoms. The van der Waals surface area contributed by atoms with Crippen LogP contribution in [0.1, 0.15) is 26.5 Å². The summed E-state index contributed by atoms with van der Waals surface area (Å²) in [7, 11) is 0. The Balaban J connectivity index is 1.39. The van der Waals surface area contributed by atoms with Crippen molar-refractivity contribution in [1.82, 2.24) is 15.0 Å². The van der Waals surface area contributed by atoms with E-state index >= 15 is 0 Å². The summed E-state index contributed by atoms with van der Waals surface area (Å²) in [5, 5.41) is 4.03. The van der Waals surface area contributed by atoms with Crippen molar-refractivity contribution in [1.29, 1.82) is 0 Å². The van der Waals surface area contributed by atoms with E-state index in [1.807, 2.05) is 49.4 Å². The molecule has 0 atom stereocenters. The second-order valence-corrected chi connectivity index (χ2v) is 6.89. The van der Waals surface area contributed by atoms with Crippen molar-refractivity contribution in [2.75, 3.05) is 26.2 Å². The molecule has 0 unspecified atom stereocenters. The lowest BCUT2D eigenvalue weighted by Crippen LogP contribution is -2.50. The molecule has 142 valence electrons. The summed E-state index contributed by atoms with van der Waals surface area (Å²) in [6, 6.07) is 18.8. The van der Waals surface area contributed by atoms with Crippen LogP contribution < -0.4 is 0 Å². The van der Waals surface area contributed by atoms with E-state index in [1.165, 1.54) is 0 Å². The second kappa shape index (κ2) is 7.68. The number of carbonyl (C=O) groups is 2. The standard InChI is InChI=1S/C22H21N3O3/c1-16-7-9-17(10-8-16)19-15-20(28-23-19)22(27)25-13-11-24(12-14-25)21(26)18-5-3-2-4-6-18/h2-10,15H,11-14H2,1H3. The van der Waals surface area contributed by atoms with E-state index in [0.717, 1.165) is 11.1 Å². The molecule has 2 heterocycles. The van der Waals surface area contributed by atoms with Gasteiger partial charge in [-0.1, -0.05) is 53.2 Å². The van der Waals surface area contributed by atoms with Gasteiger partial charge in [-0.05, 0) is 19.1 Å². The van der Waals surface area contributed by atoms with Crippen molar-refractivity contribution in [3.63, 3.8) is 0 Å². The minimum absolute atomic E-state index is 0.00554. The van der Waals surface area contributed by atoms with Gasteiger partial charge in [-0.2, -0.15) is 0 Å². The van der Waals surface area contributed by atoms with E-state index < -0.39 is 0 Å². The molecule has 0 N–H and O–H groups in total. The van der Waals surface area contributed by atoms with Gasteiger partial charge in [-0.15, -0.1) is 0 Å². The highest BCUT2D eigenvalue weighted by Gasteiger charge is 2.27. The fourth-order valence-electron chi connectivity index (χ4n) is 3.27. The molecule has 1 aliphatic rings. The third kappa shape index (κ3) is 3.67. The fraction of sp³-hybridized carbons (Fsp3) is 0.227. The number of piperazine rings is 1. The lowest BCUT2D eigenvalue weighted by atomic mass is 10.1. The summed E-state index contributed by atoms with van der Waals surface area (Å²) in [5.74, 6) is 0.0186. The van der Waals surface area contributed by atoms with Crippen molar-refractivity contribution < 1.29 is 14.1 Å². The Morgan fingerprint density at radius 2 is 1.46 bits per heavy atom.